The van der Waals surface area contributed by atoms with Crippen molar-refractivity contribution in [1.29, 1.82) is 0 Å². The van der Waals surface area contributed by atoms with Crippen molar-refractivity contribution in [3.63, 3.8) is 0 Å². The van der Waals surface area contributed by atoms with Crippen molar-refractivity contribution in [2.45, 2.75) is 12.5 Å². The second-order valence-electron chi connectivity index (χ2n) is 4.77. The predicted octanol–water partition coefficient (Wildman–Crippen LogP) is 2.03. The third kappa shape index (κ3) is 2.57. The van der Waals surface area contributed by atoms with E-state index in [0.717, 1.165) is 9.40 Å². The molecule has 9 heteroatoms. The fraction of sp³-hybridized carbons (Fsp3) is 0.308. The summed E-state index contributed by atoms with van der Waals surface area (Å²) >= 11 is 9.01. The summed E-state index contributed by atoms with van der Waals surface area (Å²) in [4.78, 5) is 37.2. The number of hydrogen-bond acceptors (Lipinski definition) is 5. The van der Waals surface area contributed by atoms with Gasteiger partial charge in [0.2, 0.25) is 5.91 Å². The van der Waals surface area contributed by atoms with Gasteiger partial charge in [0.25, 0.3) is 5.91 Å². The molecule has 1 aliphatic rings. The standard InChI is InChI=1S/C13H11ClN2O4S2/c14-9-6-1-4-21-13(6)22-10(9)12(20)16-3-2-15-11(19)7(16)5-8(17)18/h1,4,7H,2-3,5H2,(H,15,19)(H,17,18)/t7-/m0/s1. The second kappa shape index (κ2) is 5.86. The van der Waals surface area contributed by atoms with Crippen molar-refractivity contribution >= 4 is 61.5 Å². The Morgan fingerprint density at radius 2 is 2.27 bits per heavy atom. The van der Waals surface area contributed by atoms with Crippen LogP contribution in [-0.4, -0.2) is 46.9 Å². The van der Waals surface area contributed by atoms with E-state index in [9.17, 15) is 14.4 Å². The molecule has 0 radical (unpaired) electrons. The van der Waals surface area contributed by atoms with Crippen molar-refractivity contribution in [2.24, 2.45) is 0 Å². The first-order chi connectivity index (χ1) is 10.5. The van der Waals surface area contributed by atoms with Gasteiger partial charge >= 0.3 is 5.97 Å². The van der Waals surface area contributed by atoms with Crippen LogP contribution in [0.4, 0.5) is 0 Å². The van der Waals surface area contributed by atoms with Crippen molar-refractivity contribution < 1.29 is 19.5 Å². The second-order valence-corrected chi connectivity index (χ2v) is 7.34. The first kappa shape index (κ1) is 15.3. The number of carboxylic acid groups (broad SMARTS) is 1. The summed E-state index contributed by atoms with van der Waals surface area (Å²) in [5.74, 6) is -1.96. The zero-order chi connectivity index (χ0) is 15.9. The van der Waals surface area contributed by atoms with Crippen molar-refractivity contribution in [2.75, 3.05) is 13.1 Å². The minimum absolute atomic E-state index is 0.268. The molecule has 0 saturated carbocycles. The molecule has 2 aromatic rings. The summed E-state index contributed by atoms with van der Waals surface area (Å²) in [5.41, 5.74) is 0. The third-order valence-corrected chi connectivity index (χ3v) is 6.15. The molecule has 1 aliphatic heterocycles. The van der Waals surface area contributed by atoms with Crippen LogP contribution in [0.1, 0.15) is 16.1 Å². The van der Waals surface area contributed by atoms with Crippen LogP contribution in [0.5, 0.6) is 0 Å². The van der Waals surface area contributed by atoms with Crippen LogP contribution in [0.3, 0.4) is 0 Å². The Kier molecular flexibility index (Phi) is 4.07. The zero-order valence-corrected chi connectivity index (χ0v) is 13.6. The molecular weight excluding hydrogens is 348 g/mol. The Morgan fingerprint density at radius 1 is 1.50 bits per heavy atom. The monoisotopic (exact) mass is 358 g/mol. The van der Waals surface area contributed by atoms with Crippen molar-refractivity contribution in [1.82, 2.24) is 10.2 Å². The van der Waals surface area contributed by atoms with E-state index >= 15 is 0 Å². The highest BCUT2D eigenvalue weighted by Crippen LogP contribution is 2.39. The predicted molar refractivity (Wildman–Crippen MR) is 84.8 cm³/mol. The highest BCUT2D eigenvalue weighted by atomic mass is 35.5. The minimum atomic E-state index is -1.13. The van der Waals surface area contributed by atoms with Gasteiger partial charge in [-0.1, -0.05) is 11.6 Å². The number of piperazine rings is 1. The van der Waals surface area contributed by atoms with Gasteiger partial charge in [-0.15, -0.1) is 22.7 Å². The average molecular weight is 359 g/mol. The molecule has 22 heavy (non-hydrogen) atoms. The molecule has 2 amide bonds. The summed E-state index contributed by atoms with van der Waals surface area (Å²) in [5, 5.41) is 14.6. The Labute approximate surface area is 138 Å². The van der Waals surface area contributed by atoms with Gasteiger partial charge in [0.15, 0.2) is 0 Å². The molecule has 3 rings (SSSR count). The number of nitrogens with zero attached hydrogens (tertiary/aromatic N) is 1. The van der Waals surface area contributed by atoms with Gasteiger partial charge in [0.1, 0.15) is 10.9 Å². The van der Waals surface area contributed by atoms with E-state index in [2.05, 4.69) is 5.32 Å². The number of carboxylic acids is 1. The number of halogens is 1. The maximum atomic E-state index is 12.7. The average Bonchev–Trinajstić information content (AvgIpc) is 3.03. The lowest BCUT2D eigenvalue weighted by atomic mass is 10.1. The van der Waals surface area contributed by atoms with Crippen LogP contribution in [-0.2, 0) is 9.59 Å². The highest BCUT2D eigenvalue weighted by Gasteiger charge is 2.36. The molecule has 0 aromatic carbocycles. The molecular formula is C13H11ClN2O4S2. The number of hydrogen-bond donors (Lipinski definition) is 2. The molecule has 1 saturated heterocycles. The van der Waals surface area contributed by atoms with E-state index in [1.165, 1.54) is 27.6 Å². The van der Waals surface area contributed by atoms with Gasteiger partial charge < -0.3 is 15.3 Å². The smallest absolute Gasteiger partial charge is 0.305 e. The Bertz CT molecular complexity index is 769. The number of carbonyl (C=O) groups is 3. The van der Waals surface area contributed by atoms with Crippen LogP contribution in [0, 0.1) is 0 Å². The molecule has 0 spiro atoms. The van der Waals surface area contributed by atoms with E-state index in [0.29, 0.717) is 16.4 Å². The molecule has 0 bridgehead atoms. The summed E-state index contributed by atoms with van der Waals surface area (Å²) in [6, 6.07) is 0.836. The summed E-state index contributed by atoms with van der Waals surface area (Å²) in [7, 11) is 0. The topological polar surface area (TPSA) is 86.7 Å². The Hall–Kier alpha value is -1.64. The molecule has 116 valence electrons. The number of rotatable bonds is 3. The first-order valence-corrected chi connectivity index (χ1v) is 8.52. The Balaban J connectivity index is 1.94. The van der Waals surface area contributed by atoms with Gasteiger partial charge in [-0.05, 0) is 11.4 Å². The fourth-order valence-corrected chi connectivity index (χ4v) is 4.96. The normalized spacial score (nSPS) is 18.5. The molecule has 1 atom stereocenters. The highest BCUT2D eigenvalue weighted by molar-refractivity contribution is 7.38. The summed E-state index contributed by atoms with van der Waals surface area (Å²) < 4.78 is 0.935. The lowest BCUT2D eigenvalue weighted by molar-refractivity contribution is -0.142. The van der Waals surface area contributed by atoms with Crippen LogP contribution in [0.15, 0.2) is 11.4 Å². The minimum Gasteiger partial charge on any atom is -0.481 e. The molecule has 3 heterocycles. The van der Waals surface area contributed by atoms with E-state index in [1.54, 1.807) is 0 Å². The van der Waals surface area contributed by atoms with Crippen LogP contribution < -0.4 is 5.32 Å². The maximum absolute atomic E-state index is 12.7. The molecule has 0 unspecified atom stereocenters. The van der Waals surface area contributed by atoms with E-state index in [4.69, 9.17) is 16.7 Å². The summed E-state index contributed by atoms with van der Waals surface area (Å²) in [6.45, 7) is 0.572. The lowest BCUT2D eigenvalue weighted by Gasteiger charge is -2.34. The van der Waals surface area contributed by atoms with Crippen molar-refractivity contribution in [3.05, 3.63) is 21.3 Å². The van der Waals surface area contributed by atoms with Crippen LogP contribution in [0.2, 0.25) is 5.02 Å². The van der Waals surface area contributed by atoms with Crippen molar-refractivity contribution in [3.8, 4) is 0 Å². The molecule has 6 nitrogen and oxygen atoms in total. The third-order valence-electron chi connectivity index (χ3n) is 3.41. The SMILES string of the molecule is O=C(O)C[C@H]1C(=O)NCCN1C(=O)c1sc2sccc2c1Cl. The summed E-state index contributed by atoms with van der Waals surface area (Å²) in [6.07, 6.45) is -0.422. The molecule has 1 fully saturated rings. The van der Waals surface area contributed by atoms with E-state index < -0.39 is 24.3 Å². The fourth-order valence-electron chi connectivity index (χ4n) is 2.39. The van der Waals surface area contributed by atoms with Gasteiger partial charge in [-0.2, -0.15) is 0 Å². The molecule has 2 aromatic heterocycles. The Morgan fingerprint density at radius 3 is 2.95 bits per heavy atom. The van der Waals surface area contributed by atoms with Gasteiger partial charge in [0, 0.05) is 18.5 Å². The number of fused-ring (bicyclic) bond motifs is 1. The van der Waals surface area contributed by atoms with Crippen LogP contribution >= 0.6 is 34.3 Å². The first-order valence-electron chi connectivity index (χ1n) is 6.45. The maximum Gasteiger partial charge on any atom is 0.305 e. The molecule has 0 aliphatic carbocycles. The largest absolute Gasteiger partial charge is 0.481 e. The molecule has 2 N–H and O–H groups in total. The number of carbonyl (C=O) groups excluding carboxylic acids is 2. The van der Waals surface area contributed by atoms with E-state index in [-0.39, 0.29) is 12.5 Å². The number of amides is 2. The number of thiophene rings is 2. The van der Waals surface area contributed by atoms with Gasteiger partial charge in [-0.3, -0.25) is 14.4 Å². The zero-order valence-electron chi connectivity index (χ0n) is 11.2. The quantitative estimate of drug-likeness (QED) is 0.879. The number of aliphatic carboxylic acids is 1. The number of nitrogens with one attached hydrogen (secondary N) is 1. The van der Waals surface area contributed by atoms with E-state index in [1.807, 2.05) is 11.4 Å². The van der Waals surface area contributed by atoms with Gasteiger partial charge in [0.05, 0.1) is 15.5 Å². The van der Waals surface area contributed by atoms with Gasteiger partial charge in [-0.25, -0.2) is 0 Å². The lowest BCUT2D eigenvalue weighted by Crippen LogP contribution is -2.57. The van der Waals surface area contributed by atoms with Crippen LogP contribution in [0.25, 0.3) is 9.40 Å².